The summed E-state index contributed by atoms with van der Waals surface area (Å²) in [5.74, 6) is 1.49. The van der Waals surface area contributed by atoms with Gasteiger partial charge in [-0.1, -0.05) is 38.3 Å². The van der Waals surface area contributed by atoms with Gasteiger partial charge in [-0.05, 0) is 36.3 Å². The van der Waals surface area contributed by atoms with E-state index in [-0.39, 0.29) is 23.7 Å². The highest BCUT2D eigenvalue weighted by atomic mass is 32.2. The van der Waals surface area contributed by atoms with Crippen molar-refractivity contribution in [3.63, 3.8) is 0 Å². The molecule has 1 aliphatic carbocycles. The molecule has 2 aliphatic rings. The molecule has 3 rings (SSSR count). The van der Waals surface area contributed by atoms with Gasteiger partial charge in [0.25, 0.3) is 0 Å². The molecule has 4 nitrogen and oxygen atoms in total. The summed E-state index contributed by atoms with van der Waals surface area (Å²) in [6.07, 6.45) is 5.47. The fraction of sp³-hybridized carbons (Fsp3) is 0.579. The summed E-state index contributed by atoms with van der Waals surface area (Å²) in [6, 6.07) is 7.90. The number of amides is 2. The van der Waals surface area contributed by atoms with E-state index in [2.05, 4.69) is 12.2 Å². The van der Waals surface area contributed by atoms with Crippen LogP contribution in [0.25, 0.3) is 0 Å². The number of carbonyl (C=O) groups is 2. The van der Waals surface area contributed by atoms with Gasteiger partial charge in [-0.3, -0.25) is 14.9 Å². The molecule has 2 amide bonds. The number of benzene rings is 1. The average Bonchev–Trinajstić information content (AvgIpc) is 2.74. The number of thioether (sulfide) groups is 1. The maximum atomic E-state index is 12.6. The van der Waals surface area contributed by atoms with E-state index in [4.69, 9.17) is 4.74 Å². The van der Waals surface area contributed by atoms with Crippen LogP contribution in [0.5, 0.6) is 5.75 Å². The molecule has 3 atom stereocenters. The van der Waals surface area contributed by atoms with Gasteiger partial charge in [0.1, 0.15) is 10.5 Å². The molecular formula is C19H25NO3S. The van der Waals surface area contributed by atoms with Crippen LogP contribution in [0.15, 0.2) is 24.3 Å². The lowest BCUT2D eigenvalue weighted by Crippen LogP contribution is -2.54. The van der Waals surface area contributed by atoms with Crippen LogP contribution in [0, 0.1) is 5.92 Å². The van der Waals surface area contributed by atoms with Crippen molar-refractivity contribution < 1.29 is 14.3 Å². The van der Waals surface area contributed by atoms with Crippen molar-refractivity contribution in [1.29, 1.82) is 0 Å². The van der Waals surface area contributed by atoms with Crippen LogP contribution >= 0.6 is 11.8 Å². The van der Waals surface area contributed by atoms with Crippen molar-refractivity contribution in [2.24, 2.45) is 5.92 Å². The van der Waals surface area contributed by atoms with Gasteiger partial charge in [0.15, 0.2) is 0 Å². The van der Waals surface area contributed by atoms with Crippen LogP contribution in [-0.2, 0) is 9.59 Å². The highest BCUT2D eigenvalue weighted by Gasteiger charge is 2.67. The number of hydrogen-bond donors (Lipinski definition) is 1. The van der Waals surface area contributed by atoms with Crippen molar-refractivity contribution in [3.05, 3.63) is 29.8 Å². The van der Waals surface area contributed by atoms with Crippen LogP contribution in [0.4, 0.5) is 0 Å². The van der Waals surface area contributed by atoms with E-state index in [0.29, 0.717) is 0 Å². The van der Waals surface area contributed by atoms with Gasteiger partial charge < -0.3 is 4.74 Å². The van der Waals surface area contributed by atoms with Crippen LogP contribution < -0.4 is 10.1 Å². The van der Waals surface area contributed by atoms with Gasteiger partial charge in [0.2, 0.25) is 11.8 Å². The molecule has 0 aromatic heterocycles. The summed E-state index contributed by atoms with van der Waals surface area (Å²) in [5, 5.41) is 2.57. The topological polar surface area (TPSA) is 55.4 Å². The minimum atomic E-state index is -0.599. The van der Waals surface area contributed by atoms with E-state index < -0.39 is 4.75 Å². The number of methoxy groups -OCH3 is 1. The van der Waals surface area contributed by atoms with Crippen molar-refractivity contribution in [3.8, 4) is 5.75 Å². The zero-order chi connectivity index (χ0) is 17.2. The molecule has 130 valence electrons. The number of nitrogens with one attached hydrogen (secondary N) is 1. The molecule has 2 fully saturated rings. The standard InChI is InChI=1S/C19H25NO3S/c1-3-4-5-6-11-24-19-15(12-16(19)17(21)20-18(19)22)13-7-9-14(23-2)10-8-13/h7-10,15-16H,3-6,11-12H2,1-2H3,(H,20,21,22). The summed E-state index contributed by atoms with van der Waals surface area (Å²) in [5.41, 5.74) is 1.12. The summed E-state index contributed by atoms with van der Waals surface area (Å²) in [6.45, 7) is 2.19. The zero-order valence-electron chi connectivity index (χ0n) is 14.3. The lowest BCUT2D eigenvalue weighted by molar-refractivity contribution is -0.125. The number of hydrogen-bond acceptors (Lipinski definition) is 4. The van der Waals surface area contributed by atoms with Crippen molar-refractivity contribution >= 4 is 23.6 Å². The predicted octanol–water partition coefficient (Wildman–Crippen LogP) is 3.51. The molecule has 1 aliphatic heterocycles. The monoisotopic (exact) mass is 347 g/mol. The predicted molar refractivity (Wildman–Crippen MR) is 96.3 cm³/mol. The molecule has 5 heteroatoms. The van der Waals surface area contributed by atoms with E-state index in [1.54, 1.807) is 18.9 Å². The van der Waals surface area contributed by atoms with Crippen LogP contribution in [0.1, 0.15) is 50.5 Å². The van der Waals surface area contributed by atoms with Gasteiger partial charge in [-0.15, -0.1) is 11.8 Å². The Morgan fingerprint density at radius 3 is 2.54 bits per heavy atom. The quantitative estimate of drug-likeness (QED) is 0.577. The largest absolute Gasteiger partial charge is 0.497 e. The summed E-state index contributed by atoms with van der Waals surface area (Å²) in [4.78, 5) is 24.7. The third-order valence-corrected chi connectivity index (χ3v) is 7.00. The molecule has 1 aromatic rings. The van der Waals surface area contributed by atoms with Gasteiger partial charge in [-0.2, -0.15) is 0 Å². The Labute approximate surface area is 147 Å². The molecule has 3 unspecified atom stereocenters. The van der Waals surface area contributed by atoms with E-state index in [0.717, 1.165) is 29.9 Å². The van der Waals surface area contributed by atoms with Crippen molar-refractivity contribution in [2.75, 3.05) is 12.9 Å². The molecule has 0 radical (unpaired) electrons. The van der Waals surface area contributed by atoms with E-state index in [1.807, 2.05) is 24.3 Å². The van der Waals surface area contributed by atoms with Gasteiger partial charge >= 0.3 is 0 Å². The van der Waals surface area contributed by atoms with E-state index in [1.165, 1.54) is 19.3 Å². The Morgan fingerprint density at radius 2 is 1.92 bits per heavy atom. The fourth-order valence-corrected chi connectivity index (χ4v) is 5.55. The number of unbranched alkanes of at least 4 members (excludes halogenated alkanes) is 3. The lowest BCUT2D eigenvalue weighted by Gasteiger charge is -2.48. The second kappa shape index (κ2) is 7.18. The van der Waals surface area contributed by atoms with E-state index >= 15 is 0 Å². The average molecular weight is 347 g/mol. The Hall–Kier alpha value is -1.49. The smallest absolute Gasteiger partial charge is 0.244 e. The second-order valence-electron chi connectivity index (χ2n) is 6.63. The van der Waals surface area contributed by atoms with Crippen molar-refractivity contribution in [2.45, 2.75) is 49.7 Å². The third-order valence-electron chi connectivity index (χ3n) is 5.27. The normalized spacial score (nSPS) is 28.2. The maximum Gasteiger partial charge on any atom is 0.244 e. The number of carbonyl (C=O) groups excluding carboxylic acids is 2. The SMILES string of the molecule is CCCCCCSC12C(=O)NC(=O)C1CC2c1ccc(OC)cc1. The number of ether oxygens (including phenoxy) is 1. The lowest BCUT2D eigenvalue weighted by atomic mass is 9.62. The number of rotatable bonds is 8. The Kier molecular flexibility index (Phi) is 5.18. The molecule has 1 heterocycles. The highest BCUT2D eigenvalue weighted by Crippen LogP contribution is 2.61. The molecule has 24 heavy (non-hydrogen) atoms. The first-order valence-electron chi connectivity index (χ1n) is 8.76. The minimum Gasteiger partial charge on any atom is -0.497 e. The van der Waals surface area contributed by atoms with Gasteiger partial charge in [-0.25, -0.2) is 0 Å². The van der Waals surface area contributed by atoms with Gasteiger partial charge in [0, 0.05) is 5.92 Å². The Morgan fingerprint density at radius 1 is 1.17 bits per heavy atom. The summed E-state index contributed by atoms with van der Waals surface area (Å²) < 4.78 is 4.62. The third kappa shape index (κ3) is 2.83. The summed E-state index contributed by atoms with van der Waals surface area (Å²) >= 11 is 1.69. The molecule has 0 spiro atoms. The molecular weight excluding hydrogens is 322 g/mol. The highest BCUT2D eigenvalue weighted by molar-refractivity contribution is 8.01. The summed E-state index contributed by atoms with van der Waals surface area (Å²) in [7, 11) is 1.64. The molecule has 1 saturated heterocycles. The molecule has 1 N–H and O–H groups in total. The fourth-order valence-electron chi connectivity index (χ4n) is 3.84. The first-order valence-corrected chi connectivity index (χ1v) is 9.75. The Bertz CT molecular complexity index is 616. The first kappa shape index (κ1) is 17.3. The Balaban J connectivity index is 1.76. The number of imide groups is 1. The maximum absolute atomic E-state index is 12.6. The molecule has 1 saturated carbocycles. The molecule has 1 aromatic carbocycles. The second-order valence-corrected chi connectivity index (χ2v) is 8.01. The first-order chi connectivity index (χ1) is 11.6. The van der Waals surface area contributed by atoms with Gasteiger partial charge in [0.05, 0.1) is 13.0 Å². The number of fused-ring (bicyclic) bond motifs is 1. The zero-order valence-corrected chi connectivity index (χ0v) is 15.2. The van der Waals surface area contributed by atoms with Crippen molar-refractivity contribution in [1.82, 2.24) is 5.32 Å². The van der Waals surface area contributed by atoms with Crippen LogP contribution in [0.2, 0.25) is 0 Å². The van der Waals surface area contributed by atoms with Crippen LogP contribution in [-0.4, -0.2) is 29.4 Å². The minimum absolute atomic E-state index is 0.0918. The van der Waals surface area contributed by atoms with E-state index in [9.17, 15) is 9.59 Å². The molecule has 0 bridgehead atoms. The van der Waals surface area contributed by atoms with Crippen LogP contribution in [0.3, 0.4) is 0 Å².